The highest BCUT2D eigenvalue weighted by Crippen LogP contribution is 2.03. The van der Waals surface area contributed by atoms with Gasteiger partial charge in [-0.25, -0.2) is 9.97 Å². The van der Waals surface area contributed by atoms with E-state index in [-0.39, 0.29) is 24.9 Å². The van der Waals surface area contributed by atoms with Crippen molar-refractivity contribution in [1.82, 2.24) is 20.6 Å². The van der Waals surface area contributed by atoms with Crippen LogP contribution in [0.25, 0.3) is 0 Å². The molecule has 2 rings (SSSR count). The number of aromatic nitrogens is 2. The van der Waals surface area contributed by atoms with E-state index < -0.39 is 0 Å². The first-order valence-electron chi connectivity index (χ1n) is 7.56. The van der Waals surface area contributed by atoms with Crippen LogP contribution in [0.15, 0.2) is 36.5 Å². The van der Waals surface area contributed by atoms with Crippen LogP contribution in [0.5, 0.6) is 0 Å². The second-order valence-electron chi connectivity index (χ2n) is 5.57. The maximum Gasteiger partial charge on any atom is 0.251 e. The number of nitrogens with one attached hydrogen (secondary N) is 2. The number of carbonyl (C=O) groups is 2. The molecular weight excluding hydrogens is 306 g/mol. The monoisotopic (exact) mass is 327 g/mol. The Kier molecular flexibility index (Phi) is 5.83. The van der Waals surface area contributed by atoms with Crippen LogP contribution in [0, 0.1) is 6.92 Å². The first kappa shape index (κ1) is 17.4. The molecule has 0 atom stereocenters. The molecule has 0 aliphatic rings. The van der Waals surface area contributed by atoms with E-state index in [4.69, 9.17) is 0 Å². The summed E-state index contributed by atoms with van der Waals surface area (Å²) in [6.45, 7) is 2.14. The van der Waals surface area contributed by atoms with Crippen molar-refractivity contribution in [2.45, 2.75) is 13.5 Å². The molecule has 0 radical (unpaired) electrons. The predicted octanol–water partition coefficient (Wildman–Crippen LogP) is 0.897. The van der Waals surface area contributed by atoms with E-state index >= 15 is 0 Å². The van der Waals surface area contributed by atoms with Crippen LogP contribution in [-0.2, 0) is 11.3 Å². The lowest BCUT2D eigenvalue weighted by Crippen LogP contribution is -2.36. The van der Waals surface area contributed by atoms with Gasteiger partial charge in [-0.2, -0.15) is 0 Å². The fraction of sp³-hybridized carbons (Fsp3) is 0.294. The largest absolute Gasteiger partial charge is 0.349 e. The Morgan fingerprint density at radius 3 is 2.46 bits per heavy atom. The van der Waals surface area contributed by atoms with Crippen molar-refractivity contribution in [2.75, 3.05) is 25.5 Å². The van der Waals surface area contributed by atoms with E-state index in [2.05, 4.69) is 20.6 Å². The molecule has 1 aromatic heterocycles. The van der Waals surface area contributed by atoms with Crippen LogP contribution in [0.1, 0.15) is 21.6 Å². The van der Waals surface area contributed by atoms with Crippen LogP contribution < -0.4 is 15.5 Å². The summed E-state index contributed by atoms with van der Waals surface area (Å²) in [6.07, 6.45) is 1.64. The van der Waals surface area contributed by atoms with E-state index in [1.54, 1.807) is 29.3 Å². The Morgan fingerprint density at radius 1 is 1.08 bits per heavy atom. The molecule has 2 N–H and O–H groups in total. The maximum absolute atomic E-state index is 11.9. The summed E-state index contributed by atoms with van der Waals surface area (Å²) in [5.74, 6) is 0.0250. The molecule has 0 unspecified atom stereocenters. The summed E-state index contributed by atoms with van der Waals surface area (Å²) < 4.78 is 0. The zero-order valence-corrected chi connectivity index (χ0v) is 14.0. The molecule has 0 aliphatic carbocycles. The molecule has 7 heteroatoms. The van der Waals surface area contributed by atoms with E-state index in [0.29, 0.717) is 17.2 Å². The third kappa shape index (κ3) is 5.05. The highest BCUT2D eigenvalue weighted by atomic mass is 16.2. The quantitative estimate of drug-likeness (QED) is 0.823. The third-order valence-electron chi connectivity index (χ3n) is 3.29. The number of rotatable bonds is 6. The number of hydrogen-bond acceptors (Lipinski definition) is 5. The van der Waals surface area contributed by atoms with Gasteiger partial charge in [0, 0.05) is 25.9 Å². The van der Waals surface area contributed by atoms with Gasteiger partial charge in [-0.1, -0.05) is 17.7 Å². The number of benzene rings is 1. The van der Waals surface area contributed by atoms with E-state index in [1.165, 1.54) is 0 Å². The minimum atomic E-state index is -0.277. The summed E-state index contributed by atoms with van der Waals surface area (Å²) in [5, 5.41) is 5.31. The van der Waals surface area contributed by atoms with Crippen molar-refractivity contribution < 1.29 is 9.59 Å². The lowest BCUT2D eigenvalue weighted by atomic mass is 10.1. The van der Waals surface area contributed by atoms with E-state index in [9.17, 15) is 9.59 Å². The molecule has 0 saturated carbocycles. The van der Waals surface area contributed by atoms with Gasteiger partial charge in [0.2, 0.25) is 11.9 Å². The van der Waals surface area contributed by atoms with Crippen molar-refractivity contribution in [1.29, 1.82) is 0 Å². The fourth-order valence-corrected chi connectivity index (χ4v) is 1.92. The van der Waals surface area contributed by atoms with Gasteiger partial charge in [0.25, 0.3) is 5.91 Å². The number of hydrogen-bond donors (Lipinski definition) is 2. The molecule has 0 spiro atoms. The number of aryl methyl sites for hydroxylation is 1. The van der Waals surface area contributed by atoms with Crippen molar-refractivity contribution in [2.24, 2.45) is 0 Å². The Morgan fingerprint density at radius 2 is 1.79 bits per heavy atom. The average Bonchev–Trinajstić information content (AvgIpc) is 2.58. The summed E-state index contributed by atoms with van der Waals surface area (Å²) in [7, 11) is 3.69. The van der Waals surface area contributed by atoms with Crippen LogP contribution in [0.2, 0.25) is 0 Å². The van der Waals surface area contributed by atoms with Gasteiger partial charge in [-0.05, 0) is 25.1 Å². The topological polar surface area (TPSA) is 87.2 Å². The standard InChI is InChI=1S/C17H21N5O2/c1-12-4-6-13(7-5-12)16(24)20-11-15(23)19-10-14-8-9-18-17(21-14)22(2)3/h4-9H,10-11H2,1-3H3,(H,19,23)(H,20,24). The molecule has 24 heavy (non-hydrogen) atoms. The summed E-state index contributed by atoms with van der Waals surface area (Å²) >= 11 is 0. The molecule has 1 aromatic carbocycles. The molecule has 0 aliphatic heterocycles. The minimum absolute atomic E-state index is 0.0850. The number of amides is 2. The maximum atomic E-state index is 11.9. The van der Waals surface area contributed by atoms with E-state index in [0.717, 1.165) is 5.56 Å². The summed E-state index contributed by atoms with van der Waals surface area (Å²) in [4.78, 5) is 34.0. The molecule has 2 amide bonds. The van der Waals surface area contributed by atoms with Crippen molar-refractivity contribution in [3.05, 3.63) is 53.3 Å². The highest BCUT2D eigenvalue weighted by Gasteiger charge is 2.08. The molecule has 0 saturated heterocycles. The highest BCUT2D eigenvalue weighted by molar-refractivity contribution is 5.96. The number of anilines is 1. The third-order valence-corrected chi connectivity index (χ3v) is 3.29. The zero-order chi connectivity index (χ0) is 17.5. The Hall–Kier alpha value is -2.96. The zero-order valence-electron chi connectivity index (χ0n) is 14.0. The Labute approximate surface area is 141 Å². The normalized spacial score (nSPS) is 10.1. The Bertz CT molecular complexity index is 713. The first-order chi connectivity index (χ1) is 11.5. The Balaban J connectivity index is 1.80. The van der Waals surface area contributed by atoms with Crippen LogP contribution in [0.3, 0.4) is 0 Å². The van der Waals surface area contributed by atoms with Crippen LogP contribution in [0.4, 0.5) is 5.95 Å². The van der Waals surface area contributed by atoms with Gasteiger partial charge >= 0.3 is 0 Å². The molecule has 126 valence electrons. The van der Waals surface area contributed by atoms with Gasteiger partial charge < -0.3 is 15.5 Å². The molecular formula is C17H21N5O2. The van der Waals surface area contributed by atoms with Crippen molar-refractivity contribution >= 4 is 17.8 Å². The van der Waals surface area contributed by atoms with E-state index in [1.807, 2.05) is 33.2 Å². The smallest absolute Gasteiger partial charge is 0.251 e. The first-order valence-corrected chi connectivity index (χ1v) is 7.56. The molecule has 2 aromatic rings. The molecule has 0 fully saturated rings. The van der Waals surface area contributed by atoms with Gasteiger partial charge in [0.05, 0.1) is 18.8 Å². The summed E-state index contributed by atoms with van der Waals surface area (Å²) in [6, 6.07) is 8.90. The van der Waals surface area contributed by atoms with Gasteiger partial charge in [0.15, 0.2) is 0 Å². The fourth-order valence-electron chi connectivity index (χ4n) is 1.92. The lowest BCUT2D eigenvalue weighted by molar-refractivity contribution is -0.120. The van der Waals surface area contributed by atoms with Gasteiger partial charge in [-0.3, -0.25) is 9.59 Å². The van der Waals surface area contributed by atoms with Crippen molar-refractivity contribution in [3.8, 4) is 0 Å². The van der Waals surface area contributed by atoms with Gasteiger partial charge in [-0.15, -0.1) is 0 Å². The van der Waals surface area contributed by atoms with Crippen LogP contribution >= 0.6 is 0 Å². The molecule has 7 nitrogen and oxygen atoms in total. The second kappa shape index (κ2) is 8.05. The molecule has 0 bridgehead atoms. The van der Waals surface area contributed by atoms with Crippen LogP contribution in [-0.4, -0.2) is 42.4 Å². The lowest BCUT2D eigenvalue weighted by Gasteiger charge is -2.11. The predicted molar refractivity (Wildman–Crippen MR) is 91.7 cm³/mol. The summed E-state index contributed by atoms with van der Waals surface area (Å²) in [5.41, 5.74) is 2.30. The number of nitrogens with zero attached hydrogens (tertiary/aromatic N) is 3. The van der Waals surface area contributed by atoms with Crippen molar-refractivity contribution in [3.63, 3.8) is 0 Å². The molecule has 1 heterocycles. The SMILES string of the molecule is Cc1ccc(C(=O)NCC(=O)NCc2ccnc(N(C)C)n2)cc1. The minimum Gasteiger partial charge on any atom is -0.349 e. The van der Waals surface area contributed by atoms with Gasteiger partial charge in [0.1, 0.15) is 0 Å². The second-order valence-corrected chi connectivity index (χ2v) is 5.57. The average molecular weight is 327 g/mol. The number of carbonyl (C=O) groups excluding carboxylic acids is 2.